The lowest BCUT2D eigenvalue weighted by Gasteiger charge is -2.18. The van der Waals surface area contributed by atoms with E-state index >= 15 is 0 Å². The van der Waals surface area contributed by atoms with E-state index in [4.69, 9.17) is 16.7 Å². The molecule has 0 spiro atoms. The Morgan fingerprint density at radius 1 is 1.35 bits per heavy atom. The van der Waals surface area contributed by atoms with E-state index in [0.29, 0.717) is 12.2 Å². The highest BCUT2D eigenvalue weighted by Gasteiger charge is 2.12. The van der Waals surface area contributed by atoms with Crippen molar-refractivity contribution in [1.29, 1.82) is 0 Å². The van der Waals surface area contributed by atoms with Crippen LogP contribution in [0.3, 0.4) is 0 Å². The summed E-state index contributed by atoms with van der Waals surface area (Å²) in [5, 5.41) is 11.7. The predicted octanol–water partition coefficient (Wildman–Crippen LogP) is 3.69. The standard InChI is InChI=1S/C14H19ClN2O3/c1-3-4-5-8-17(2)14(20)16-12-7-6-10(13(18)19)9-11(12)15/h6-7,9H,3-5,8H2,1-2H3,(H,16,20)(H,18,19). The molecule has 0 atom stereocenters. The Bertz CT molecular complexity index is 491. The summed E-state index contributed by atoms with van der Waals surface area (Å²) in [4.78, 5) is 24.3. The first-order valence-electron chi connectivity index (χ1n) is 6.50. The monoisotopic (exact) mass is 298 g/mol. The second kappa shape index (κ2) is 7.75. The van der Waals surface area contributed by atoms with Crippen molar-refractivity contribution in [2.75, 3.05) is 18.9 Å². The molecule has 1 aromatic rings. The van der Waals surface area contributed by atoms with Crippen LogP contribution >= 0.6 is 11.6 Å². The number of nitrogens with zero attached hydrogens (tertiary/aromatic N) is 1. The van der Waals surface area contributed by atoms with Gasteiger partial charge in [0.1, 0.15) is 0 Å². The van der Waals surface area contributed by atoms with E-state index < -0.39 is 5.97 Å². The van der Waals surface area contributed by atoms with E-state index in [1.165, 1.54) is 18.2 Å². The third-order valence-electron chi connectivity index (χ3n) is 2.90. The molecule has 0 aromatic heterocycles. The van der Waals surface area contributed by atoms with Crippen LogP contribution in [-0.2, 0) is 0 Å². The fourth-order valence-electron chi connectivity index (χ4n) is 1.66. The van der Waals surface area contributed by atoms with Gasteiger partial charge in [-0.15, -0.1) is 0 Å². The Morgan fingerprint density at radius 2 is 2.05 bits per heavy atom. The lowest BCUT2D eigenvalue weighted by molar-refractivity contribution is 0.0697. The number of amides is 2. The number of hydrogen-bond acceptors (Lipinski definition) is 2. The number of halogens is 1. The first kappa shape index (κ1) is 16.3. The van der Waals surface area contributed by atoms with Crippen molar-refractivity contribution in [3.05, 3.63) is 28.8 Å². The van der Waals surface area contributed by atoms with Gasteiger partial charge < -0.3 is 15.3 Å². The van der Waals surface area contributed by atoms with Gasteiger partial charge in [-0.2, -0.15) is 0 Å². The summed E-state index contributed by atoms with van der Waals surface area (Å²) >= 11 is 5.95. The molecule has 1 rings (SSSR count). The number of rotatable bonds is 6. The topological polar surface area (TPSA) is 69.6 Å². The summed E-state index contributed by atoms with van der Waals surface area (Å²) in [6.45, 7) is 2.77. The summed E-state index contributed by atoms with van der Waals surface area (Å²) in [5.74, 6) is -1.05. The Labute approximate surface area is 123 Å². The molecule has 6 heteroatoms. The van der Waals surface area contributed by atoms with E-state index in [0.717, 1.165) is 19.3 Å². The predicted molar refractivity (Wildman–Crippen MR) is 79.6 cm³/mol. The maximum Gasteiger partial charge on any atom is 0.335 e. The van der Waals surface area contributed by atoms with Crippen molar-refractivity contribution in [3.63, 3.8) is 0 Å². The Kier molecular flexibility index (Phi) is 6.31. The van der Waals surface area contributed by atoms with Crippen LogP contribution in [0, 0.1) is 0 Å². The van der Waals surface area contributed by atoms with Crippen molar-refractivity contribution in [2.24, 2.45) is 0 Å². The first-order valence-corrected chi connectivity index (χ1v) is 6.88. The number of carbonyl (C=O) groups is 2. The average Bonchev–Trinajstić information content (AvgIpc) is 2.40. The van der Waals surface area contributed by atoms with Crippen LogP contribution in [0.15, 0.2) is 18.2 Å². The SMILES string of the molecule is CCCCCN(C)C(=O)Nc1ccc(C(=O)O)cc1Cl. The molecule has 20 heavy (non-hydrogen) atoms. The maximum absolute atomic E-state index is 11.9. The van der Waals surface area contributed by atoms with Crippen LogP contribution in [0.5, 0.6) is 0 Å². The molecule has 5 nitrogen and oxygen atoms in total. The number of unbranched alkanes of at least 4 members (excludes halogenated alkanes) is 2. The highest BCUT2D eigenvalue weighted by Crippen LogP contribution is 2.23. The first-order chi connectivity index (χ1) is 9.45. The Balaban J connectivity index is 2.64. The van der Waals surface area contributed by atoms with Crippen LogP contribution in [0.2, 0.25) is 5.02 Å². The summed E-state index contributed by atoms with van der Waals surface area (Å²) in [7, 11) is 1.71. The zero-order chi connectivity index (χ0) is 15.1. The van der Waals surface area contributed by atoms with Crippen LogP contribution < -0.4 is 5.32 Å². The molecular weight excluding hydrogens is 280 g/mol. The number of carbonyl (C=O) groups excluding carboxylic acids is 1. The van der Waals surface area contributed by atoms with Crippen molar-refractivity contribution in [1.82, 2.24) is 4.90 Å². The fraction of sp³-hybridized carbons (Fsp3) is 0.429. The Morgan fingerprint density at radius 3 is 2.60 bits per heavy atom. The highest BCUT2D eigenvalue weighted by atomic mass is 35.5. The smallest absolute Gasteiger partial charge is 0.335 e. The minimum Gasteiger partial charge on any atom is -0.478 e. The van der Waals surface area contributed by atoms with Crippen molar-refractivity contribution < 1.29 is 14.7 Å². The number of benzene rings is 1. The molecule has 2 N–H and O–H groups in total. The third kappa shape index (κ3) is 4.74. The number of aromatic carboxylic acids is 1. The molecule has 0 bridgehead atoms. The van der Waals surface area contributed by atoms with Crippen LogP contribution in [0.1, 0.15) is 36.5 Å². The number of urea groups is 1. The van der Waals surface area contributed by atoms with Gasteiger partial charge >= 0.3 is 12.0 Å². The quantitative estimate of drug-likeness (QED) is 0.787. The molecular formula is C14H19ClN2O3. The van der Waals surface area contributed by atoms with E-state index in [1.807, 2.05) is 0 Å². The molecule has 0 radical (unpaired) electrons. The van der Waals surface area contributed by atoms with Gasteiger partial charge in [0.05, 0.1) is 16.3 Å². The maximum atomic E-state index is 11.9. The van der Waals surface area contributed by atoms with E-state index in [1.54, 1.807) is 11.9 Å². The summed E-state index contributed by atoms with van der Waals surface area (Å²) in [6.07, 6.45) is 3.12. The summed E-state index contributed by atoms with van der Waals surface area (Å²) in [6, 6.07) is 3.95. The molecule has 0 unspecified atom stereocenters. The van der Waals surface area contributed by atoms with Crippen LogP contribution in [0.25, 0.3) is 0 Å². The zero-order valence-corrected chi connectivity index (χ0v) is 12.4. The number of nitrogens with one attached hydrogen (secondary N) is 1. The molecule has 0 heterocycles. The van der Waals surface area contributed by atoms with Crippen LogP contribution in [-0.4, -0.2) is 35.6 Å². The fourth-order valence-corrected chi connectivity index (χ4v) is 1.89. The largest absolute Gasteiger partial charge is 0.478 e. The van der Waals surface area contributed by atoms with Gasteiger partial charge in [0.2, 0.25) is 0 Å². The summed E-state index contributed by atoms with van der Waals surface area (Å²) < 4.78 is 0. The number of carboxylic acids is 1. The second-order valence-corrected chi connectivity index (χ2v) is 4.97. The second-order valence-electron chi connectivity index (χ2n) is 4.56. The minimum atomic E-state index is -1.05. The molecule has 0 saturated heterocycles. The molecule has 110 valence electrons. The average molecular weight is 299 g/mol. The zero-order valence-electron chi connectivity index (χ0n) is 11.6. The van der Waals surface area contributed by atoms with Gasteiger partial charge in [0.25, 0.3) is 0 Å². The van der Waals surface area contributed by atoms with Gasteiger partial charge in [-0.3, -0.25) is 0 Å². The summed E-state index contributed by atoms with van der Waals surface area (Å²) in [5.41, 5.74) is 0.494. The van der Waals surface area contributed by atoms with E-state index in [9.17, 15) is 9.59 Å². The van der Waals surface area contributed by atoms with Crippen molar-refractivity contribution in [2.45, 2.75) is 26.2 Å². The van der Waals surface area contributed by atoms with Crippen molar-refractivity contribution in [3.8, 4) is 0 Å². The normalized spacial score (nSPS) is 10.2. The van der Waals surface area contributed by atoms with Gasteiger partial charge in [0, 0.05) is 13.6 Å². The lowest BCUT2D eigenvalue weighted by Crippen LogP contribution is -2.32. The Hall–Kier alpha value is -1.75. The van der Waals surface area contributed by atoms with Gasteiger partial charge in [-0.1, -0.05) is 31.4 Å². The lowest BCUT2D eigenvalue weighted by atomic mass is 10.2. The van der Waals surface area contributed by atoms with Crippen LogP contribution in [0.4, 0.5) is 10.5 Å². The van der Waals surface area contributed by atoms with E-state index in [-0.39, 0.29) is 16.6 Å². The molecule has 2 amide bonds. The van der Waals surface area contributed by atoms with Gasteiger partial charge in [0.15, 0.2) is 0 Å². The van der Waals surface area contributed by atoms with Gasteiger partial charge in [-0.25, -0.2) is 9.59 Å². The number of carboxylic acid groups (broad SMARTS) is 1. The minimum absolute atomic E-state index is 0.0873. The highest BCUT2D eigenvalue weighted by molar-refractivity contribution is 6.34. The molecule has 0 aliphatic carbocycles. The third-order valence-corrected chi connectivity index (χ3v) is 3.21. The molecule has 0 aliphatic heterocycles. The van der Waals surface area contributed by atoms with E-state index in [2.05, 4.69) is 12.2 Å². The number of hydrogen-bond donors (Lipinski definition) is 2. The van der Waals surface area contributed by atoms with Gasteiger partial charge in [-0.05, 0) is 24.6 Å². The van der Waals surface area contributed by atoms with Crippen molar-refractivity contribution >= 4 is 29.3 Å². The molecule has 1 aromatic carbocycles. The number of anilines is 1. The molecule has 0 saturated carbocycles. The molecule has 0 fully saturated rings. The molecule has 0 aliphatic rings.